The van der Waals surface area contributed by atoms with E-state index in [1.807, 2.05) is 0 Å². The predicted octanol–water partition coefficient (Wildman–Crippen LogP) is -0.292. The molecule has 0 aliphatic heterocycles. The van der Waals surface area contributed by atoms with E-state index in [1.54, 1.807) is 6.07 Å². The summed E-state index contributed by atoms with van der Waals surface area (Å²) in [4.78, 5) is 22.6. The number of hydrogen-bond acceptors (Lipinski definition) is 4. The normalized spacial score (nSPS) is 16.3. The molecule has 2 amide bonds. The first-order chi connectivity index (χ1) is 8.16. The Labute approximate surface area is 98.0 Å². The molecule has 0 radical (unpaired) electrons. The standard InChI is InChI=1S/C11H14N2O4/c14-9(7-3-4-17-6-7)5-12-10(15)11(16)13-8-1-2-8/h3-4,6,8-9,14H,1-2,5H2,(H,12,15)(H,13,16). The van der Waals surface area contributed by atoms with Crippen LogP contribution >= 0.6 is 0 Å². The minimum absolute atomic E-state index is 0.0174. The molecule has 1 atom stereocenters. The molecule has 0 aromatic carbocycles. The summed E-state index contributed by atoms with van der Waals surface area (Å²) in [6, 6.07) is 1.74. The molecule has 1 aromatic heterocycles. The summed E-state index contributed by atoms with van der Waals surface area (Å²) in [7, 11) is 0. The molecule has 1 aliphatic rings. The second-order valence-electron chi connectivity index (χ2n) is 4.03. The van der Waals surface area contributed by atoms with Crippen LogP contribution in [0.15, 0.2) is 23.0 Å². The van der Waals surface area contributed by atoms with Crippen LogP contribution in [-0.4, -0.2) is 29.5 Å². The Hall–Kier alpha value is -1.82. The zero-order chi connectivity index (χ0) is 12.3. The van der Waals surface area contributed by atoms with Gasteiger partial charge in [0, 0.05) is 18.2 Å². The van der Waals surface area contributed by atoms with Crippen LogP contribution in [-0.2, 0) is 9.59 Å². The fraction of sp³-hybridized carbons (Fsp3) is 0.455. The van der Waals surface area contributed by atoms with Gasteiger partial charge in [0.25, 0.3) is 0 Å². The molecule has 3 N–H and O–H groups in total. The van der Waals surface area contributed by atoms with Crippen molar-refractivity contribution in [1.29, 1.82) is 0 Å². The number of hydrogen-bond donors (Lipinski definition) is 3. The molecule has 6 nitrogen and oxygen atoms in total. The van der Waals surface area contributed by atoms with Crippen molar-refractivity contribution >= 4 is 11.8 Å². The number of rotatable bonds is 4. The largest absolute Gasteiger partial charge is 0.472 e. The smallest absolute Gasteiger partial charge is 0.309 e. The van der Waals surface area contributed by atoms with Crippen molar-refractivity contribution in [1.82, 2.24) is 10.6 Å². The minimum Gasteiger partial charge on any atom is -0.472 e. The third-order valence-corrected chi connectivity index (χ3v) is 2.50. The van der Waals surface area contributed by atoms with Crippen LogP contribution < -0.4 is 10.6 Å². The van der Waals surface area contributed by atoms with Crippen LogP contribution in [0.25, 0.3) is 0 Å². The van der Waals surface area contributed by atoms with Crippen molar-refractivity contribution in [3.8, 4) is 0 Å². The molecule has 17 heavy (non-hydrogen) atoms. The van der Waals surface area contributed by atoms with Gasteiger partial charge in [0.05, 0.1) is 18.6 Å². The van der Waals surface area contributed by atoms with Crippen molar-refractivity contribution < 1.29 is 19.1 Å². The maximum Gasteiger partial charge on any atom is 0.309 e. The van der Waals surface area contributed by atoms with E-state index in [1.165, 1.54) is 12.5 Å². The highest BCUT2D eigenvalue weighted by Gasteiger charge is 2.26. The van der Waals surface area contributed by atoms with Gasteiger partial charge in [0.2, 0.25) is 0 Å². The Kier molecular flexibility index (Phi) is 3.43. The lowest BCUT2D eigenvalue weighted by Crippen LogP contribution is -2.42. The van der Waals surface area contributed by atoms with Crippen LogP contribution in [0.5, 0.6) is 0 Å². The number of aliphatic hydroxyl groups is 1. The lowest BCUT2D eigenvalue weighted by Gasteiger charge is -2.09. The average molecular weight is 238 g/mol. The van der Waals surface area contributed by atoms with Gasteiger partial charge < -0.3 is 20.2 Å². The van der Waals surface area contributed by atoms with E-state index in [9.17, 15) is 14.7 Å². The van der Waals surface area contributed by atoms with Crippen molar-refractivity contribution in [2.75, 3.05) is 6.54 Å². The second kappa shape index (κ2) is 5.01. The lowest BCUT2D eigenvalue weighted by molar-refractivity contribution is -0.139. The number of amides is 2. The number of carbonyl (C=O) groups excluding carboxylic acids is 2. The molecule has 1 unspecified atom stereocenters. The zero-order valence-electron chi connectivity index (χ0n) is 9.18. The van der Waals surface area contributed by atoms with E-state index in [0.717, 1.165) is 12.8 Å². The summed E-state index contributed by atoms with van der Waals surface area (Å²) >= 11 is 0. The van der Waals surface area contributed by atoms with E-state index in [0.29, 0.717) is 5.56 Å². The molecule has 1 fully saturated rings. The van der Waals surface area contributed by atoms with E-state index in [2.05, 4.69) is 10.6 Å². The summed E-state index contributed by atoms with van der Waals surface area (Å²) in [5, 5.41) is 14.5. The number of aliphatic hydroxyl groups excluding tert-OH is 1. The molecule has 6 heteroatoms. The number of carbonyl (C=O) groups is 2. The molecule has 2 rings (SSSR count). The molecule has 1 heterocycles. The molecule has 0 spiro atoms. The molecule has 92 valence electrons. The quantitative estimate of drug-likeness (QED) is 0.628. The van der Waals surface area contributed by atoms with Crippen LogP contribution in [0.1, 0.15) is 24.5 Å². The Morgan fingerprint density at radius 2 is 2.24 bits per heavy atom. The van der Waals surface area contributed by atoms with Crippen molar-refractivity contribution in [3.63, 3.8) is 0 Å². The van der Waals surface area contributed by atoms with Gasteiger partial charge >= 0.3 is 11.8 Å². The van der Waals surface area contributed by atoms with Crippen molar-refractivity contribution in [3.05, 3.63) is 24.2 Å². The molecule has 0 bridgehead atoms. The number of nitrogens with one attached hydrogen (secondary N) is 2. The molecule has 0 saturated heterocycles. The third-order valence-electron chi connectivity index (χ3n) is 2.50. The van der Waals surface area contributed by atoms with Gasteiger partial charge in [0.1, 0.15) is 0 Å². The van der Waals surface area contributed by atoms with Crippen molar-refractivity contribution in [2.24, 2.45) is 0 Å². The molecule has 1 aliphatic carbocycles. The van der Waals surface area contributed by atoms with Gasteiger partial charge in [-0.1, -0.05) is 0 Å². The molecular weight excluding hydrogens is 224 g/mol. The zero-order valence-corrected chi connectivity index (χ0v) is 9.18. The first-order valence-corrected chi connectivity index (χ1v) is 5.45. The monoisotopic (exact) mass is 238 g/mol. The fourth-order valence-corrected chi connectivity index (χ4v) is 1.33. The lowest BCUT2D eigenvalue weighted by atomic mass is 10.2. The maximum atomic E-state index is 11.3. The summed E-state index contributed by atoms with van der Waals surface area (Å²) in [6.45, 7) is -0.0174. The Morgan fingerprint density at radius 1 is 1.47 bits per heavy atom. The van der Waals surface area contributed by atoms with E-state index < -0.39 is 17.9 Å². The summed E-state index contributed by atoms with van der Waals surface area (Å²) in [5.74, 6) is -1.37. The molecule has 1 saturated carbocycles. The fourth-order valence-electron chi connectivity index (χ4n) is 1.33. The maximum absolute atomic E-state index is 11.3. The third kappa shape index (κ3) is 3.32. The van der Waals surface area contributed by atoms with Gasteiger partial charge in [-0.15, -0.1) is 0 Å². The highest BCUT2D eigenvalue weighted by molar-refractivity contribution is 6.35. The highest BCUT2D eigenvalue weighted by atomic mass is 16.3. The predicted molar refractivity (Wildman–Crippen MR) is 57.8 cm³/mol. The van der Waals surface area contributed by atoms with Crippen LogP contribution in [0.2, 0.25) is 0 Å². The molecular formula is C11H14N2O4. The van der Waals surface area contributed by atoms with Gasteiger partial charge in [-0.05, 0) is 18.9 Å². The van der Waals surface area contributed by atoms with Crippen molar-refractivity contribution in [2.45, 2.75) is 25.0 Å². The van der Waals surface area contributed by atoms with Crippen LogP contribution in [0.4, 0.5) is 0 Å². The first kappa shape index (κ1) is 11.7. The second-order valence-corrected chi connectivity index (χ2v) is 4.03. The topological polar surface area (TPSA) is 91.6 Å². The summed E-state index contributed by atoms with van der Waals surface area (Å²) in [5.41, 5.74) is 0.563. The van der Waals surface area contributed by atoms with Gasteiger partial charge in [-0.25, -0.2) is 0 Å². The Bertz CT molecular complexity index is 398. The van der Waals surface area contributed by atoms with Gasteiger partial charge in [0.15, 0.2) is 0 Å². The SMILES string of the molecule is O=C(NCC(O)c1ccoc1)C(=O)NC1CC1. The van der Waals surface area contributed by atoms with Gasteiger partial charge in [-0.3, -0.25) is 9.59 Å². The Morgan fingerprint density at radius 3 is 2.82 bits per heavy atom. The van der Waals surface area contributed by atoms with Crippen LogP contribution in [0, 0.1) is 0 Å². The van der Waals surface area contributed by atoms with E-state index >= 15 is 0 Å². The van der Waals surface area contributed by atoms with Gasteiger partial charge in [-0.2, -0.15) is 0 Å². The average Bonchev–Trinajstić information content (AvgIpc) is 2.96. The summed E-state index contributed by atoms with van der Waals surface area (Å²) in [6.07, 6.45) is 3.81. The molecule has 1 aromatic rings. The first-order valence-electron chi connectivity index (χ1n) is 5.45. The number of furan rings is 1. The minimum atomic E-state index is -0.869. The highest BCUT2D eigenvalue weighted by Crippen LogP contribution is 2.18. The summed E-state index contributed by atoms with van der Waals surface area (Å²) < 4.78 is 4.80. The van der Waals surface area contributed by atoms with Crippen LogP contribution in [0.3, 0.4) is 0 Å². The van der Waals surface area contributed by atoms with E-state index in [4.69, 9.17) is 4.42 Å². The Balaban J connectivity index is 1.73. The van der Waals surface area contributed by atoms with E-state index in [-0.39, 0.29) is 12.6 Å².